The zero-order chi connectivity index (χ0) is 11.8. The Morgan fingerprint density at radius 2 is 1.24 bits per heavy atom. The molecule has 4 aliphatic rings. The lowest BCUT2D eigenvalue weighted by Gasteiger charge is -2.56. The first-order valence-corrected chi connectivity index (χ1v) is 9.84. The molecule has 17 heavy (non-hydrogen) atoms. The number of hydrogen-bond donors (Lipinski definition) is 0. The zero-order valence-electron chi connectivity index (χ0n) is 11.7. The second-order valence-corrected chi connectivity index (χ2v) is 9.63. The minimum Gasteiger partial charge on any atom is -0.103 e. The Balaban J connectivity index is 1.73. The van der Waals surface area contributed by atoms with E-state index in [1.165, 1.54) is 30.3 Å². The van der Waals surface area contributed by atoms with Gasteiger partial charge in [-0.25, -0.2) is 0 Å². The first kappa shape index (κ1) is 12.5. The quantitative estimate of drug-likeness (QED) is 0.596. The van der Waals surface area contributed by atoms with Crippen LogP contribution in [-0.4, -0.2) is 18.0 Å². The summed E-state index contributed by atoms with van der Waals surface area (Å²) in [5.41, 5.74) is 1.21. The van der Waals surface area contributed by atoms with Gasteiger partial charge in [-0.05, 0) is 73.8 Å². The molecule has 98 valence electrons. The normalized spacial score (nSPS) is 43.6. The molecular weight excluding hydrogens is 223 g/mol. The van der Waals surface area contributed by atoms with E-state index in [0.717, 1.165) is 11.8 Å². The zero-order valence-corrected chi connectivity index (χ0v) is 12.6. The van der Waals surface area contributed by atoms with Gasteiger partial charge in [0.05, 0.1) is 0 Å². The van der Waals surface area contributed by atoms with Crippen molar-refractivity contribution < 1.29 is 0 Å². The molecule has 0 aliphatic heterocycles. The maximum atomic E-state index is 2.40. The molecule has 0 heterocycles. The van der Waals surface area contributed by atoms with Crippen molar-refractivity contribution in [1.82, 2.24) is 0 Å². The lowest BCUT2D eigenvalue weighted by atomic mass is 9.56. The van der Waals surface area contributed by atoms with Gasteiger partial charge in [0.25, 0.3) is 0 Å². The van der Waals surface area contributed by atoms with Crippen LogP contribution in [0, 0.1) is 23.7 Å². The third-order valence-corrected chi connectivity index (χ3v) is 9.35. The van der Waals surface area contributed by atoms with E-state index in [4.69, 9.17) is 0 Å². The summed E-state index contributed by atoms with van der Waals surface area (Å²) >= 11 is 0. The van der Waals surface area contributed by atoms with E-state index in [-0.39, 0.29) is 0 Å². The van der Waals surface area contributed by atoms with Gasteiger partial charge in [0.2, 0.25) is 0 Å². The van der Waals surface area contributed by atoms with Crippen molar-refractivity contribution in [1.29, 1.82) is 0 Å². The van der Waals surface area contributed by atoms with E-state index in [1.54, 1.807) is 44.4 Å². The highest BCUT2D eigenvalue weighted by Crippen LogP contribution is 2.63. The molecule has 0 amide bonds. The molecular formula is C16H29P. The summed E-state index contributed by atoms with van der Waals surface area (Å²) in [7, 11) is 0.389. The van der Waals surface area contributed by atoms with Gasteiger partial charge in [0.1, 0.15) is 0 Å². The molecule has 4 aliphatic carbocycles. The predicted octanol–water partition coefficient (Wildman–Crippen LogP) is 5.11. The lowest BCUT2D eigenvalue weighted by Crippen LogP contribution is -2.47. The highest BCUT2D eigenvalue weighted by molar-refractivity contribution is 7.58. The Bertz CT molecular complexity index is 226. The summed E-state index contributed by atoms with van der Waals surface area (Å²) in [6.07, 6.45) is 14.2. The van der Waals surface area contributed by atoms with Crippen LogP contribution >= 0.6 is 7.92 Å². The van der Waals surface area contributed by atoms with Crippen molar-refractivity contribution >= 4 is 7.92 Å². The van der Waals surface area contributed by atoms with E-state index in [1.807, 2.05) is 0 Å². The van der Waals surface area contributed by atoms with Crippen molar-refractivity contribution in [2.45, 2.75) is 64.5 Å². The fourth-order valence-electron chi connectivity index (χ4n) is 5.48. The molecule has 0 radical (unpaired) electrons. The van der Waals surface area contributed by atoms with Crippen LogP contribution in [0.2, 0.25) is 0 Å². The first-order valence-electron chi connectivity index (χ1n) is 8.05. The second-order valence-electron chi connectivity index (χ2n) is 6.96. The van der Waals surface area contributed by atoms with Crippen LogP contribution in [0.15, 0.2) is 0 Å². The second kappa shape index (κ2) is 5.20. The number of hydrogen-bond acceptors (Lipinski definition) is 0. The van der Waals surface area contributed by atoms with Crippen LogP contribution in [0.4, 0.5) is 0 Å². The molecule has 0 aromatic heterocycles. The molecule has 0 atom stereocenters. The minimum atomic E-state index is 0.389. The van der Waals surface area contributed by atoms with E-state index in [0.29, 0.717) is 7.92 Å². The summed E-state index contributed by atoms with van der Waals surface area (Å²) in [5.74, 6) is 4.67. The minimum absolute atomic E-state index is 0.389. The Morgan fingerprint density at radius 3 is 1.65 bits per heavy atom. The van der Waals surface area contributed by atoms with Gasteiger partial charge in [-0.15, -0.1) is 7.92 Å². The summed E-state index contributed by atoms with van der Waals surface area (Å²) in [6.45, 7) is 4.81. The molecule has 4 fully saturated rings. The first-order chi connectivity index (χ1) is 8.31. The van der Waals surface area contributed by atoms with E-state index in [9.17, 15) is 0 Å². The Kier molecular flexibility index (Phi) is 3.81. The standard InChI is InChI=1S/C16H29P/c1-3-5-17(6-4-2)16-14-8-12-7-13(10-14)11-15(16)9-12/h12-16H,3-11H2,1-2H3. The van der Waals surface area contributed by atoms with Gasteiger partial charge in [-0.2, -0.15) is 0 Å². The topological polar surface area (TPSA) is 0 Å². The molecule has 4 bridgehead atoms. The summed E-state index contributed by atoms with van der Waals surface area (Å²) in [6, 6.07) is 0. The molecule has 0 aromatic rings. The van der Waals surface area contributed by atoms with Crippen LogP contribution in [0.25, 0.3) is 0 Å². The van der Waals surface area contributed by atoms with E-state index >= 15 is 0 Å². The maximum Gasteiger partial charge on any atom is -0.0152 e. The highest BCUT2D eigenvalue weighted by atomic mass is 31.1. The molecule has 4 saturated carbocycles. The van der Waals surface area contributed by atoms with Gasteiger partial charge in [-0.3, -0.25) is 0 Å². The predicted molar refractivity (Wildman–Crippen MR) is 78.1 cm³/mol. The van der Waals surface area contributed by atoms with Crippen molar-refractivity contribution in [3.05, 3.63) is 0 Å². The van der Waals surface area contributed by atoms with Gasteiger partial charge >= 0.3 is 0 Å². The SMILES string of the molecule is CCCP(CCC)C1C2CC3CC(C2)CC1C3. The summed E-state index contributed by atoms with van der Waals surface area (Å²) in [4.78, 5) is 0. The Morgan fingerprint density at radius 1 is 0.765 bits per heavy atom. The number of rotatable bonds is 5. The third kappa shape index (κ3) is 2.32. The lowest BCUT2D eigenvalue weighted by molar-refractivity contribution is 0.0247. The molecule has 4 rings (SSSR count). The van der Waals surface area contributed by atoms with Crippen LogP contribution in [-0.2, 0) is 0 Å². The molecule has 0 spiro atoms. The molecule has 0 N–H and O–H groups in total. The van der Waals surface area contributed by atoms with Crippen LogP contribution in [0.3, 0.4) is 0 Å². The fourth-order valence-corrected chi connectivity index (χ4v) is 9.13. The maximum absolute atomic E-state index is 2.40. The van der Waals surface area contributed by atoms with Gasteiger partial charge in [0.15, 0.2) is 0 Å². The van der Waals surface area contributed by atoms with Crippen LogP contribution < -0.4 is 0 Å². The van der Waals surface area contributed by atoms with Crippen LogP contribution in [0.5, 0.6) is 0 Å². The fraction of sp³-hybridized carbons (Fsp3) is 1.00. The molecule has 0 aromatic carbocycles. The summed E-state index contributed by atoms with van der Waals surface area (Å²) < 4.78 is 0. The Labute approximate surface area is 109 Å². The largest absolute Gasteiger partial charge is 0.103 e. The smallest absolute Gasteiger partial charge is 0.0152 e. The van der Waals surface area contributed by atoms with Crippen LogP contribution in [0.1, 0.15) is 58.8 Å². The molecule has 0 saturated heterocycles. The van der Waals surface area contributed by atoms with E-state index < -0.39 is 0 Å². The van der Waals surface area contributed by atoms with Gasteiger partial charge < -0.3 is 0 Å². The molecule has 0 unspecified atom stereocenters. The molecule has 0 nitrogen and oxygen atoms in total. The van der Waals surface area contributed by atoms with Crippen molar-refractivity contribution in [2.75, 3.05) is 12.3 Å². The van der Waals surface area contributed by atoms with Gasteiger partial charge in [0, 0.05) is 0 Å². The highest BCUT2D eigenvalue weighted by Gasteiger charge is 2.49. The van der Waals surface area contributed by atoms with Crippen molar-refractivity contribution in [3.8, 4) is 0 Å². The van der Waals surface area contributed by atoms with E-state index in [2.05, 4.69) is 13.8 Å². The Hall–Kier alpha value is 0.430. The summed E-state index contributed by atoms with van der Waals surface area (Å²) in [5, 5.41) is 0. The molecule has 1 heteroatoms. The average molecular weight is 252 g/mol. The monoisotopic (exact) mass is 252 g/mol. The van der Waals surface area contributed by atoms with Gasteiger partial charge in [-0.1, -0.05) is 26.7 Å². The van der Waals surface area contributed by atoms with Crippen molar-refractivity contribution in [3.63, 3.8) is 0 Å². The average Bonchev–Trinajstić information content (AvgIpc) is 2.28. The van der Waals surface area contributed by atoms with Crippen molar-refractivity contribution in [2.24, 2.45) is 23.7 Å². The third-order valence-electron chi connectivity index (χ3n) is 5.62.